The first-order valence-electron chi connectivity index (χ1n) is 7.93. The van der Waals surface area contributed by atoms with Gasteiger partial charge in [0.2, 0.25) is 5.91 Å². The van der Waals surface area contributed by atoms with Gasteiger partial charge < -0.3 is 9.80 Å². The summed E-state index contributed by atoms with van der Waals surface area (Å²) in [5.74, 6) is 0.850. The van der Waals surface area contributed by atoms with Crippen molar-refractivity contribution in [3.8, 4) is 0 Å². The Morgan fingerprint density at radius 1 is 1.21 bits per heavy atom. The van der Waals surface area contributed by atoms with Crippen molar-refractivity contribution in [3.05, 3.63) is 54.1 Å². The van der Waals surface area contributed by atoms with Crippen molar-refractivity contribution < 1.29 is 9.18 Å². The first-order valence-corrected chi connectivity index (χ1v) is 9.08. The number of rotatable bonds is 4. The molecule has 0 unspecified atom stereocenters. The molecule has 6 heteroatoms. The van der Waals surface area contributed by atoms with Crippen molar-refractivity contribution >= 4 is 29.0 Å². The smallest absolute Gasteiger partial charge is 0.237 e. The van der Waals surface area contributed by atoms with Crippen LogP contribution >= 0.6 is 11.8 Å². The summed E-state index contributed by atoms with van der Waals surface area (Å²) < 4.78 is 13.7. The first-order chi connectivity index (χ1) is 11.6. The molecule has 4 nitrogen and oxygen atoms in total. The van der Waals surface area contributed by atoms with Gasteiger partial charge in [-0.05, 0) is 42.3 Å². The minimum Gasteiger partial charge on any atom is -0.373 e. The van der Waals surface area contributed by atoms with Crippen LogP contribution in [0.5, 0.6) is 0 Å². The summed E-state index contributed by atoms with van der Waals surface area (Å²) in [4.78, 5) is 20.5. The largest absolute Gasteiger partial charge is 0.373 e. The highest BCUT2D eigenvalue weighted by Crippen LogP contribution is 2.32. The van der Waals surface area contributed by atoms with Crippen LogP contribution in [-0.4, -0.2) is 36.8 Å². The summed E-state index contributed by atoms with van der Waals surface area (Å²) in [6, 6.07) is 8.55. The average molecular weight is 345 g/mol. The van der Waals surface area contributed by atoms with Crippen LogP contribution in [-0.2, 0) is 10.5 Å². The molecule has 0 bridgehead atoms. The monoisotopic (exact) mass is 345 g/mol. The van der Waals surface area contributed by atoms with Crippen LogP contribution in [0.25, 0.3) is 0 Å². The third-order valence-corrected chi connectivity index (χ3v) is 5.05. The molecule has 2 heterocycles. The van der Waals surface area contributed by atoms with E-state index in [0.717, 1.165) is 30.0 Å². The normalized spacial score (nSPS) is 14.2. The number of nitrogens with zero attached hydrogens (tertiary/aromatic N) is 3. The van der Waals surface area contributed by atoms with Crippen molar-refractivity contribution in [3.63, 3.8) is 0 Å². The Labute approximate surface area is 145 Å². The van der Waals surface area contributed by atoms with Gasteiger partial charge in [0, 0.05) is 38.3 Å². The summed E-state index contributed by atoms with van der Waals surface area (Å²) >= 11 is 1.57. The summed E-state index contributed by atoms with van der Waals surface area (Å²) in [7, 11) is 1.98. The number of aromatic nitrogens is 1. The van der Waals surface area contributed by atoms with Crippen molar-refractivity contribution in [2.45, 2.75) is 12.2 Å². The van der Waals surface area contributed by atoms with Crippen molar-refractivity contribution in [2.24, 2.45) is 0 Å². The summed E-state index contributed by atoms with van der Waals surface area (Å²) in [6.45, 7) is 1.47. The standard InChI is InChI=1S/C18H20FN3OS/c1-21-9-2-10-22(17-11-15(19)3-4-16(17)21)18(23)13-24-12-14-5-7-20-8-6-14/h3-8,11H,2,9-10,12-13H2,1H3. The zero-order valence-corrected chi connectivity index (χ0v) is 14.4. The topological polar surface area (TPSA) is 36.4 Å². The van der Waals surface area contributed by atoms with E-state index in [1.54, 1.807) is 35.1 Å². The number of carbonyl (C=O) groups excluding carboxylic acids is 1. The van der Waals surface area contributed by atoms with E-state index >= 15 is 0 Å². The Balaban J connectivity index is 1.70. The molecule has 0 fully saturated rings. The van der Waals surface area contributed by atoms with E-state index in [0.29, 0.717) is 18.0 Å². The molecule has 1 aromatic heterocycles. The number of carbonyl (C=O) groups is 1. The van der Waals surface area contributed by atoms with Crippen molar-refractivity contribution in [2.75, 3.05) is 35.7 Å². The molecular weight excluding hydrogens is 325 g/mol. The zero-order valence-electron chi connectivity index (χ0n) is 13.6. The van der Waals surface area contributed by atoms with Gasteiger partial charge in [-0.2, -0.15) is 0 Å². The van der Waals surface area contributed by atoms with Crippen molar-refractivity contribution in [1.82, 2.24) is 4.98 Å². The van der Waals surface area contributed by atoms with Gasteiger partial charge in [0.1, 0.15) is 5.82 Å². The molecule has 3 rings (SSSR count). The molecule has 24 heavy (non-hydrogen) atoms. The molecule has 1 amide bonds. The Kier molecular flexibility index (Phi) is 5.35. The average Bonchev–Trinajstić information content (AvgIpc) is 2.74. The molecule has 0 saturated heterocycles. The van der Waals surface area contributed by atoms with Crippen molar-refractivity contribution in [1.29, 1.82) is 0 Å². The van der Waals surface area contributed by atoms with Crippen LogP contribution in [0.2, 0.25) is 0 Å². The van der Waals surface area contributed by atoms with Gasteiger partial charge in [-0.1, -0.05) is 0 Å². The molecule has 126 valence electrons. The summed E-state index contributed by atoms with van der Waals surface area (Å²) in [5, 5.41) is 0. The van der Waals surface area contributed by atoms with Gasteiger partial charge in [-0.15, -0.1) is 11.8 Å². The zero-order chi connectivity index (χ0) is 16.9. The minimum atomic E-state index is -0.314. The van der Waals surface area contributed by atoms with E-state index in [-0.39, 0.29) is 11.7 Å². The first kappa shape index (κ1) is 16.8. The maximum Gasteiger partial charge on any atom is 0.237 e. The lowest BCUT2D eigenvalue weighted by Gasteiger charge is -2.24. The second-order valence-corrected chi connectivity index (χ2v) is 6.79. The molecule has 0 radical (unpaired) electrons. The van der Waals surface area contributed by atoms with Crippen LogP contribution < -0.4 is 9.80 Å². The molecule has 2 aromatic rings. The number of amides is 1. The predicted octanol–water partition coefficient (Wildman–Crippen LogP) is 3.33. The van der Waals surface area contributed by atoms with Gasteiger partial charge in [0.15, 0.2) is 0 Å². The number of thioether (sulfide) groups is 1. The predicted molar refractivity (Wildman–Crippen MR) is 97.0 cm³/mol. The highest BCUT2D eigenvalue weighted by atomic mass is 32.2. The van der Waals surface area contributed by atoms with E-state index in [1.165, 1.54) is 12.1 Å². The Bertz CT molecular complexity index is 711. The SMILES string of the molecule is CN1CCCN(C(=O)CSCc2ccncc2)c2cc(F)ccc21. The van der Waals surface area contributed by atoms with Gasteiger partial charge >= 0.3 is 0 Å². The molecule has 1 aliphatic rings. The Hall–Kier alpha value is -2.08. The third kappa shape index (κ3) is 3.87. The Morgan fingerprint density at radius 3 is 2.79 bits per heavy atom. The number of hydrogen-bond acceptors (Lipinski definition) is 4. The number of benzene rings is 1. The van der Waals surface area contributed by atoms with E-state index in [1.807, 2.05) is 19.2 Å². The fourth-order valence-corrected chi connectivity index (χ4v) is 3.68. The van der Waals surface area contributed by atoms with Gasteiger partial charge in [0.05, 0.1) is 17.1 Å². The molecule has 0 aliphatic carbocycles. The minimum absolute atomic E-state index is 0.0243. The third-order valence-electron chi connectivity index (χ3n) is 4.06. The summed E-state index contributed by atoms with van der Waals surface area (Å²) in [5.41, 5.74) is 2.72. The molecule has 1 aliphatic heterocycles. The van der Waals surface area contributed by atoms with E-state index in [9.17, 15) is 9.18 Å². The lowest BCUT2D eigenvalue weighted by molar-refractivity contribution is -0.116. The van der Waals surface area contributed by atoms with E-state index < -0.39 is 0 Å². The number of anilines is 2. The second-order valence-electron chi connectivity index (χ2n) is 5.80. The maximum atomic E-state index is 13.7. The van der Waals surface area contributed by atoms with Crippen LogP contribution in [0.15, 0.2) is 42.7 Å². The molecule has 0 saturated carbocycles. The number of pyridine rings is 1. The number of hydrogen-bond donors (Lipinski definition) is 0. The fraction of sp³-hybridized carbons (Fsp3) is 0.333. The van der Waals surface area contributed by atoms with Gasteiger partial charge in [0.25, 0.3) is 0 Å². The molecular formula is C18H20FN3OS. The number of halogens is 1. The highest BCUT2D eigenvalue weighted by Gasteiger charge is 2.23. The van der Waals surface area contributed by atoms with Gasteiger partial charge in [-0.3, -0.25) is 9.78 Å². The molecule has 0 atom stereocenters. The second kappa shape index (κ2) is 7.66. The van der Waals surface area contributed by atoms with E-state index in [4.69, 9.17) is 0 Å². The maximum absolute atomic E-state index is 13.7. The molecule has 1 aromatic carbocycles. The van der Waals surface area contributed by atoms with Gasteiger partial charge in [-0.25, -0.2) is 4.39 Å². The quantitative estimate of drug-likeness (QED) is 0.852. The van der Waals surface area contributed by atoms with Crippen LogP contribution in [0, 0.1) is 5.82 Å². The lowest BCUT2D eigenvalue weighted by atomic mass is 10.2. The van der Waals surface area contributed by atoms with Crippen LogP contribution in [0.1, 0.15) is 12.0 Å². The molecule has 0 N–H and O–H groups in total. The van der Waals surface area contributed by atoms with Crippen LogP contribution in [0.3, 0.4) is 0 Å². The summed E-state index contributed by atoms with van der Waals surface area (Å²) in [6.07, 6.45) is 4.37. The number of fused-ring (bicyclic) bond motifs is 1. The highest BCUT2D eigenvalue weighted by molar-refractivity contribution is 7.99. The molecule has 0 spiro atoms. The fourth-order valence-electron chi connectivity index (χ4n) is 2.81. The van der Waals surface area contributed by atoms with Crippen LogP contribution in [0.4, 0.5) is 15.8 Å². The van der Waals surface area contributed by atoms with E-state index in [2.05, 4.69) is 9.88 Å². The lowest BCUT2D eigenvalue weighted by Crippen LogP contribution is -2.33. The Morgan fingerprint density at radius 2 is 2.00 bits per heavy atom.